The van der Waals surface area contributed by atoms with Gasteiger partial charge in [-0.15, -0.1) is 0 Å². The summed E-state index contributed by atoms with van der Waals surface area (Å²) in [5, 5.41) is 19.3. The van der Waals surface area contributed by atoms with Crippen LogP contribution in [0.5, 0.6) is 5.75 Å². The average Bonchev–Trinajstić information content (AvgIpc) is 2.37. The van der Waals surface area contributed by atoms with E-state index in [1.807, 2.05) is 6.07 Å². The van der Waals surface area contributed by atoms with Crippen LogP contribution in [0.2, 0.25) is 5.02 Å². The summed E-state index contributed by atoms with van der Waals surface area (Å²) in [6.45, 7) is 5.51. The van der Waals surface area contributed by atoms with E-state index >= 15 is 0 Å². The van der Waals surface area contributed by atoms with Gasteiger partial charge in [0.25, 0.3) is 0 Å². The number of hydrogen-bond acceptors (Lipinski definition) is 4. The second-order valence-corrected chi connectivity index (χ2v) is 5.05. The van der Waals surface area contributed by atoms with Crippen molar-refractivity contribution >= 4 is 11.6 Å². The SMILES string of the molecule is OCCN1CCN(Cc2cc(Cl)ccc2O)CC1. The van der Waals surface area contributed by atoms with Crippen molar-refractivity contribution in [1.82, 2.24) is 9.80 Å². The molecule has 0 amide bonds. The van der Waals surface area contributed by atoms with E-state index in [2.05, 4.69) is 9.80 Å². The predicted molar refractivity (Wildman–Crippen MR) is 71.9 cm³/mol. The Morgan fingerprint density at radius 3 is 2.44 bits per heavy atom. The van der Waals surface area contributed by atoms with Crippen LogP contribution in [0.25, 0.3) is 0 Å². The Bertz CT molecular complexity index is 393. The quantitative estimate of drug-likeness (QED) is 0.862. The number of phenols is 1. The van der Waals surface area contributed by atoms with Gasteiger partial charge >= 0.3 is 0 Å². The molecule has 0 aliphatic carbocycles. The van der Waals surface area contributed by atoms with Crippen molar-refractivity contribution in [2.75, 3.05) is 39.3 Å². The maximum Gasteiger partial charge on any atom is 0.120 e. The lowest BCUT2D eigenvalue weighted by atomic mass is 10.1. The molecule has 0 unspecified atom stereocenters. The summed E-state index contributed by atoms with van der Waals surface area (Å²) in [6, 6.07) is 5.15. The van der Waals surface area contributed by atoms with E-state index < -0.39 is 0 Å². The van der Waals surface area contributed by atoms with Crippen molar-refractivity contribution < 1.29 is 10.2 Å². The monoisotopic (exact) mass is 270 g/mol. The van der Waals surface area contributed by atoms with Crippen LogP contribution in [-0.2, 0) is 6.54 Å². The molecule has 1 saturated heterocycles. The van der Waals surface area contributed by atoms with Gasteiger partial charge in [-0.1, -0.05) is 11.6 Å². The average molecular weight is 271 g/mol. The molecule has 1 aromatic rings. The Kier molecular flexibility index (Phi) is 4.83. The number of aliphatic hydroxyl groups excluding tert-OH is 1. The van der Waals surface area contributed by atoms with Gasteiger partial charge in [0, 0.05) is 49.9 Å². The molecule has 4 nitrogen and oxygen atoms in total. The van der Waals surface area contributed by atoms with E-state index in [4.69, 9.17) is 16.7 Å². The van der Waals surface area contributed by atoms with Crippen molar-refractivity contribution in [3.8, 4) is 5.75 Å². The van der Waals surface area contributed by atoms with Crippen molar-refractivity contribution in [1.29, 1.82) is 0 Å². The van der Waals surface area contributed by atoms with E-state index in [0.29, 0.717) is 10.8 Å². The van der Waals surface area contributed by atoms with Gasteiger partial charge in [-0.25, -0.2) is 0 Å². The first-order valence-electron chi connectivity index (χ1n) is 6.22. The number of aromatic hydroxyl groups is 1. The molecular formula is C13H19ClN2O2. The molecule has 5 heteroatoms. The second kappa shape index (κ2) is 6.38. The molecule has 100 valence electrons. The van der Waals surface area contributed by atoms with Gasteiger partial charge < -0.3 is 10.2 Å². The number of halogens is 1. The molecule has 0 aromatic heterocycles. The molecule has 1 aromatic carbocycles. The van der Waals surface area contributed by atoms with Gasteiger partial charge in [0.05, 0.1) is 6.61 Å². The van der Waals surface area contributed by atoms with Gasteiger partial charge in [0.2, 0.25) is 0 Å². The number of benzene rings is 1. The van der Waals surface area contributed by atoms with Crippen molar-refractivity contribution in [2.45, 2.75) is 6.54 Å². The smallest absolute Gasteiger partial charge is 0.120 e. The van der Waals surface area contributed by atoms with E-state index in [1.54, 1.807) is 12.1 Å². The molecular weight excluding hydrogens is 252 g/mol. The summed E-state index contributed by atoms with van der Waals surface area (Å²) in [5.41, 5.74) is 0.873. The number of β-amino-alcohol motifs (C(OH)–C–C–N with tert-alkyl or cyclic N) is 1. The minimum absolute atomic E-state index is 0.217. The summed E-state index contributed by atoms with van der Waals surface area (Å²) in [6.07, 6.45) is 0. The standard InChI is InChI=1S/C13H19ClN2O2/c14-12-1-2-13(18)11(9-12)10-16-5-3-15(4-6-16)7-8-17/h1-2,9,17-18H,3-8,10H2. The lowest BCUT2D eigenvalue weighted by Gasteiger charge is -2.34. The molecule has 1 aliphatic rings. The lowest BCUT2D eigenvalue weighted by Crippen LogP contribution is -2.46. The molecule has 18 heavy (non-hydrogen) atoms. The Morgan fingerprint density at radius 2 is 1.78 bits per heavy atom. The third-order valence-electron chi connectivity index (χ3n) is 3.32. The Labute approximate surface area is 112 Å². The molecule has 1 heterocycles. The molecule has 2 rings (SSSR count). The summed E-state index contributed by atoms with van der Waals surface area (Å²) in [4.78, 5) is 4.54. The van der Waals surface area contributed by atoms with Crippen molar-refractivity contribution in [3.05, 3.63) is 28.8 Å². The maximum absolute atomic E-state index is 9.77. The van der Waals surface area contributed by atoms with E-state index in [1.165, 1.54) is 0 Å². The van der Waals surface area contributed by atoms with Crippen molar-refractivity contribution in [3.63, 3.8) is 0 Å². The highest BCUT2D eigenvalue weighted by Crippen LogP contribution is 2.23. The first kappa shape index (κ1) is 13.6. The zero-order valence-corrected chi connectivity index (χ0v) is 11.1. The first-order chi connectivity index (χ1) is 8.69. The molecule has 1 aliphatic heterocycles. The number of phenolic OH excluding ortho intramolecular Hbond substituents is 1. The number of nitrogens with zero attached hydrogens (tertiary/aromatic N) is 2. The Balaban J connectivity index is 1.89. The first-order valence-corrected chi connectivity index (χ1v) is 6.60. The van der Waals surface area contributed by atoms with Crippen LogP contribution in [0.15, 0.2) is 18.2 Å². The number of hydrogen-bond donors (Lipinski definition) is 2. The van der Waals surface area contributed by atoms with Crippen LogP contribution in [0.1, 0.15) is 5.56 Å². The molecule has 0 saturated carbocycles. The normalized spacial score (nSPS) is 18.1. The molecule has 1 fully saturated rings. The summed E-state index contributed by atoms with van der Waals surface area (Å²) in [7, 11) is 0. The Morgan fingerprint density at radius 1 is 1.11 bits per heavy atom. The third-order valence-corrected chi connectivity index (χ3v) is 3.55. The fourth-order valence-electron chi connectivity index (χ4n) is 2.23. The molecule has 0 atom stereocenters. The number of aliphatic hydroxyl groups is 1. The fourth-order valence-corrected chi connectivity index (χ4v) is 2.43. The van der Waals surface area contributed by atoms with Gasteiger partial charge in [-0.3, -0.25) is 9.80 Å². The predicted octanol–water partition coefficient (Wildman–Crippen LogP) is 1.16. The van der Waals surface area contributed by atoms with Crippen LogP contribution in [0.4, 0.5) is 0 Å². The van der Waals surface area contributed by atoms with Gasteiger partial charge in [-0.05, 0) is 18.2 Å². The molecule has 2 N–H and O–H groups in total. The molecule has 0 spiro atoms. The summed E-state index contributed by atoms with van der Waals surface area (Å²) in [5.74, 6) is 0.303. The summed E-state index contributed by atoms with van der Waals surface area (Å²) >= 11 is 5.93. The van der Waals surface area contributed by atoms with Gasteiger partial charge in [0.15, 0.2) is 0 Å². The van der Waals surface area contributed by atoms with E-state index in [0.717, 1.165) is 44.8 Å². The zero-order valence-electron chi connectivity index (χ0n) is 10.3. The number of piperazine rings is 1. The molecule has 0 radical (unpaired) electrons. The van der Waals surface area contributed by atoms with Crippen LogP contribution in [0, 0.1) is 0 Å². The van der Waals surface area contributed by atoms with Crippen LogP contribution in [-0.4, -0.2) is 59.3 Å². The van der Waals surface area contributed by atoms with Crippen molar-refractivity contribution in [2.24, 2.45) is 0 Å². The van der Waals surface area contributed by atoms with Crippen LogP contribution >= 0.6 is 11.6 Å². The Hall–Kier alpha value is -0.810. The van der Waals surface area contributed by atoms with Gasteiger partial charge in [0.1, 0.15) is 5.75 Å². The fraction of sp³-hybridized carbons (Fsp3) is 0.538. The topological polar surface area (TPSA) is 46.9 Å². The molecule has 0 bridgehead atoms. The minimum atomic E-state index is 0.217. The van der Waals surface area contributed by atoms with Crippen LogP contribution in [0.3, 0.4) is 0 Å². The maximum atomic E-state index is 9.77. The number of rotatable bonds is 4. The summed E-state index contributed by atoms with van der Waals surface area (Å²) < 4.78 is 0. The highest BCUT2D eigenvalue weighted by atomic mass is 35.5. The highest BCUT2D eigenvalue weighted by Gasteiger charge is 2.17. The highest BCUT2D eigenvalue weighted by molar-refractivity contribution is 6.30. The minimum Gasteiger partial charge on any atom is -0.508 e. The third kappa shape index (κ3) is 3.59. The van der Waals surface area contributed by atoms with Crippen LogP contribution < -0.4 is 0 Å². The zero-order chi connectivity index (χ0) is 13.0. The van der Waals surface area contributed by atoms with E-state index in [-0.39, 0.29) is 6.61 Å². The largest absolute Gasteiger partial charge is 0.508 e. The lowest BCUT2D eigenvalue weighted by molar-refractivity contribution is 0.108. The van der Waals surface area contributed by atoms with Gasteiger partial charge in [-0.2, -0.15) is 0 Å². The van der Waals surface area contributed by atoms with E-state index in [9.17, 15) is 5.11 Å². The second-order valence-electron chi connectivity index (χ2n) is 4.61.